The third-order valence-corrected chi connectivity index (χ3v) is 4.94. The van der Waals surface area contributed by atoms with Crippen LogP contribution in [0.3, 0.4) is 0 Å². The van der Waals surface area contributed by atoms with Crippen LogP contribution in [0, 0.1) is 11.8 Å². The van der Waals surface area contributed by atoms with Crippen molar-refractivity contribution in [3.63, 3.8) is 0 Å². The van der Waals surface area contributed by atoms with Gasteiger partial charge < -0.3 is 10.2 Å². The summed E-state index contributed by atoms with van der Waals surface area (Å²) in [6.45, 7) is 4.03. The first-order chi connectivity index (χ1) is 8.74. The number of hydrogen-bond donors (Lipinski definition) is 1. The molecule has 0 spiro atoms. The molecule has 1 saturated carbocycles. The third kappa shape index (κ3) is 3.85. The number of nitrogens with zero attached hydrogens (tertiary/aromatic N) is 1. The van der Waals surface area contributed by atoms with Crippen LogP contribution in [0.2, 0.25) is 0 Å². The summed E-state index contributed by atoms with van der Waals surface area (Å²) in [4.78, 5) is 14.4. The van der Waals surface area contributed by atoms with Crippen LogP contribution in [-0.4, -0.2) is 36.0 Å². The highest BCUT2D eigenvalue weighted by Crippen LogP contribution is 2.34. The Bertz CT molecular complexity index is 307. The standard InChI is InChI=1S/C15H26N2O.ClH/c1-2-17(10-11-3-4-11)15(18)9-12-7-13-5-6-14(8-12)16-13;/h11-14,16H,2-10H2,1H3;1H. The van der Waals surface area contributed by atoms with E-state index in [9.17, 15) is 4.79 Å². The first kappa shape index (κ1) is 15.1. The second kappa shape index (κ2) is 6.45. The van der Waals surface area contributed by atoms with Gasteiger partial charge in [0.05, 0.1) is 0 Å². The molecule has 4 heteroatoms. The Balaban J connectivity index is 0.00000133. The topological polar surface area (TPSA) is 32.3 Å². The van der Waals surface area contributed by atoms with Crippen LogP contribution in [0.25, 0.3) is 0 Å². The summed E-state index contributed by atoms with van der Waals surface area (Å²) in [6, 6.07) is 1.42. The Morgan fingerprint density at radius 1 is 1.11 bits per heavy atom. The number of carbonyl (C=O) groups is 1. The quantitative estimate of drug-likeness (QED) is 0.842. The zero-order valence-electron chi connectivity index (χ0n) is 11.9. The molecule has 0 radical (unpaired) electrons. The van der Waals surface area contributed by atoms with E-state index in [2.05, 4.69) is 17.1 Å². The molecule has 3 nitrogen and oxygen atoms in total. The molecule has 0 aromatic carbocycles. The van der Waals surface area contributed by atoms with Crippen molar-refractivity contribution in [1.29, 1.82) is 0 Å². The summed E-state index contributed by atoms with van der Waals surface area (Å²) in [6.07, 6.45) is 8.58. The molecule has 1 amide bonds. The second-order valence-corrected chi connectivity index (χ2v) is 6.56. The molecular weight excluding hydrogens is 260 g/mol. The van der Waals surface area contributed by atoms with E-state index >= 15 is 0 Å². The fraction of sp³-hybridized carbons (Fsp3) is 0.933. The lowest BCUT2D eigenvalue weighted by molar-refractivity contribution is -0.132. The van der Waals surface area contributed by atoms with Crippen molar-refractivity contribution >= 4 is 18.3 Å². The van der Waals surface area contributed by atoms with Gasteiger partial charge in [-0.1, -0.05) is 0 Å². The number of rotatable bonds is 5. The first-order valence-corrected chi connectivity index (χ1v) is 7.78. The van der Waals surface area contributed by atoms with E-state index in [-0.39, 0.29) is 12.4 Å². The van der Waals surface area contributed by atoms with Gasteiger partial charge in [0.2, 0.25) is 5.91 Å². The monoisotopic (exact) mass is 286 g/mol. The minimum absolute atomic E-state index is 0. The smallest absolute Gasteiger partial charge is 0.222 e. The van der Waals surface area contributed by atoms with Crippen LogP contribution >= 0.6 is 12.4 Å². The van der Waals surface area contributed by atoms with E-state index in [4.69, 9.17) is 0 Å². The Labute approximate surface area is 122 Å². The second-order valence-electron chi connectivity index (χ2n) is 6.56. The van der Waals surface area contributed by atoms with Gasteiger partial charge in [-0.2, -0.15) is 0 Å². The van der Waals surface area contributed by atoms with E-state index in [1.807, 2.05) is 0 Å². The Morgan fingerprint density at radius 2 is 1.74 bits per heavy atom. The van der Waals surface area contributed by atoms with E-state index in [0.717, 1.165) is 25.4 Å². The number of hydrogen-bond acceptors (Lipinski definition) is 2. The van der Waals surface area contributed by atoms with Gasteiger partial charge in [-0.15, -0.1) is 12.4 Å². The normalized spacial score (nSPS) is 32.8. The molecule has 1 N–H and O–H groups in total. The molecule has 2 aliphatic heterocycles. The third-order valence-electron chi connectivity index (χ3n) is 4.94. The van der Waals surface area contributed by atoms with Crippen LogP contribution in [0.5, 0.6) is 0 Å². The molecule has 2 saturated heterocycles. The van der Waals surface area contributed by atoms with Crippen molar-refractivity contribution in [3.05, 3.63) is 0 Å². The summed E-state index contributed by atoms with van der Waals surface area (Å²) in [5.74, 6) is 1.87. The molecule has 3 aliphatic rings. The highest BCUT2D eigenvalue weighted by molar-refractivity contribution is 5.85. The summed E-state index contributed by atoms with van der Waals surface area (Å²) in [7, 11) is 0. The molecule has 2 unspecified atom stereocenters. The molecule has 3 fully saturated rings. The summed E-state index contributed by atoms with van der Waals surface area (Å²) >= 11 is 0. The van der Waals surface area contributed by atoms with E-state index in [0.29, 0.717) is 23.9 Å². The van der Waals surface area contributed by atoms with E-state index < -0.39 is 0 Å². The zero-order valence-corrected chi connectivity index (χ0v) is 12.8. The van der Waals surface area contributed by atoms with E-state index in [1.165, 1.54) is 38.5 Å². The summed E-state index contributed by atoms with van der Waals surface area (Å²) < 4.78 is 0. The largest absolute Gasteiger partial charge is 0.343 e. The number of piperidine rings is 1. The van der Waals surface area contributed by atoms with Crippen molar-refractivity contribution in [2.24, 2.45) is 11.8 Å². The molecule has 2 atom stereocenters. The highest BCUT2D eigenvalue weighted by Gasteiger charge is 2.35. The van der Waals surface area contributed by atoms with Crippen molar-refractivity contribution in [2.75, 3.05) is 13.1 Å². The number of carbonyl (C=O) groups excluding carboxylic acids is 1. The average molecular weight is 287 g/mol. The van der Waals surface area contributed by atoms with Gasteiger partial charge in [-0.25, -0.2) is 0 Å². The predicted molar refractivity (Wildman–Crippen MR) is 79.5 cm³/mol. The maximum Gasteiger partial charge on any atom is 0.222 e. The van der Waals surface area contributed by atoms with Gasteiger partial charge in [-0.3, -0.25) is 4.79 Å². The molecule has 110 valence electrons. The van der Waals surface area contributed by atoms with Gasteiger partial charge >= 0.3 is 0 Å². The van der Waals surface area contributed by atoms with Gasteiger partial charge in [0, 0.05) is 31.6 Å². The molecule has 3 rings (SSSR count). The van der Waals surface area contributed by atoms with Gasteiger partial charge in [0.15, 0.2) is 0 Å². The lowest BCUT2D eigenvalue weighted by Gasteiger charge is -2.30. The van der Waals surface area contributed by atoms with Gasteiger partial charge in [0.1, 0.15) is 0 Å². The Kier molecular flexibility index (Phi) is 5.13. The van der Waals surface area contributed by atoms with Crippen molar-refractivity contribution in [2.45, 2.75) is 64.0 Å². The Hall–Kier alpha value is -0.280. The van der Waals surface area contributed by atoms with Gasteiger partial charge in [-0.05, 0) is 57.3 Å². The molecule has 0 aromatic heterocycles. The lowest BCUT2D eigenvalue weighted by atomic mass is 9.89. The van der Waals surface area contributed by atoms with Gasteiger partial charge in [0.25, 0.3) is 0 Å². The molecule has 2 bridgehead atoms. The number of fused-ring (bicyclic) bond motifs is 2. The number of amides is 1. The van der Waals surface area contributed by atoms with Crippen LogP contribution in [0.4, 0.5) is 0 Å². The fourth-order valence-electron chi connectivity index (χ4n) is 3.74. The van der Waals surface area contributed by atoms with E-state index in [1.54, 1.807) is 0 Å². The molecule has 2 heterocycles. The minimum Gasteiger partial charge on any atom is -0.343 e. The van der Waals surface area contributed by atoms with Crippen molar-refractivity contribution < 1.29 is 4.79 Å². The predicted octanol–water partition coefficient (Wildman–Crippen LogP) is 2.59. The maximum absolute atomic E-state index is 12.3. The molecule has 1 aliphatic carbocycles. The van der Waals surface area contributed by atoms with Crippen LogP contribution in [0.1, 0.15) is 51.9 Å². The van der Waals surface area contributed by atoms with Crippen molar-refractivity contribution in [1.82, 2.24) is 10.2 Å². The highest BCUT2D eigenvalue weighted by atomic mass is 35.5. The fourth-order valence-corrected chi connectivity index (χ4v) is 3.74. The minimum atomic E-state index is 0. The SMILES string of the molecule is CCN(CC1CC1)C(=O)CC1CC2CCC(C1)N2.Cl. The maximum atomic E-state index is 12.3. The molecular formula is C15H27ClN2O. The van der Waals surface area contributed by atoms with Crippen LogP contribution < -0.4 is 5.32 Å². The van der Waals surface area contributed by atoms with Crippen LogP contribution in [-0.2, 0) is 4.79 Å². The lowest BCUT2D eigenvalue weighted by Crippen LogP contribution is -2.40. The number of halogens is 1. The average Bonchev–Trinajstić information content (AvgIpc) is 3.11. The number of nitrogens with one attached hydrogen (secondary N) is 1. The molecule has 0 aromatic rings. The van der Waals surface area contributed by atoms with Crippen LogP contribution in [0.15, 0.2) is 0 Å². The zero-order chi connectivity index (χ0) is 12.5. The Morgan fingerprint density at radius 3 is 2.26 bits per heavy atom. The first-order valence-electron chi connectivity index (χ1n) is 7.78. The van der Waals surface area contributed by atoms with Crippen molar-refractivity contribution in [3.8, 4) is 0 Å². The molecule has 19 heavy (non-hydrogen) atoms. The summed E-state index contributed by atoms with van der Waals surface area (Å²) in [5.41, 5.74) is 0. The summed E-state index contributed by atoms with van der Waals surface area (Å²) in [5, 5.41) is 3.65.